The number of aromatic nitrogens is 2. The molecule has 0 spiro atoms. The van der Waals surface area contributed by atoms with Crippen molar-refractivity contribution >= 4 is 11.7 Å². The van der Waals surface area contributed by atoms with Crippen LogP contribution >= 0.6 is 0 Å². The first-order valence-electron chi connectivity index (χ1n) is 9.31. The Labute approximate surface area is 163 Å². The summed E-state index contributed by atoms with van der Waals surface area (Å²) in [5.41, 5.74) is 2.93. The summed E-state index contributed by atoms with van der Waals surface area (Å²) >= 11 is 0. The third kappa shape index (κ3) is 4.88. The molecule has 0 bridgehead atoms. The number of carbonyl (C=O) groups excluding carboxylic acids is 1. The maximum atomic E-state index is 12.0. The molecule has 144 valence electrons. The van der Waals surface area contributed by atoms with Gasteiger partial charge in [-0.1, -0.05) is 35.0 Å². The monoisotopic (exact) mass is 378 g/mol. The minimum Gasteiger partial charge on any atom is -0.485 e. The Kier molecular flexibility index (Phi) is 5.23. The molecule has 1 aliphatic rings. The smallest absolute Gasteiger partial charge is 0.319 e. The van der Waals surface area contributed by atoms with Crippen LogP contribution in [0.4, 0.5) is 10.5 Å². The van der Waals surface area contributed by atoms with E-state index in [4.69, 9.17) is 9.26 Å². The number of hydrogen-bond donors (Lipinski definition) is 2. The first kappa shape index (κ1) is 18.0. The second-order valence-electron chi connectivity index (χ2n) is 6.93. The second-order valence-corrected chi connectivity index (χ2v) is 6.93. The van der Waals surface area contributed by atoms with Crippen LogP contribution in [0.1, 0.15) is 41.6 Å². The molecule has 0 radical (unpaired) electrons. The molecule has 0 atom stereocenters. The van der Waals surface area contributed by atoms with Gasteiger partial charge in [-0.05, 0) is 49.6 Å². The van der Waals surface area contributed by atoms with Gasteiger partial charge in [-0.25, -0.2) is 4.79 Å². The average molecular weight is 378 g/mol. The van der Waals surface area contributed by atoms with E-state index in [1.807, 2.05) is 31.2 Å². The van der Waals surface area contributed by atoms with Gasteiger partial charge in [-0.3, -0.25) is 0 Å². The summed E-state index contributed by atoms with van der Waals surface area (Å²) in [6, 6.07) is 14.9. The van der Waals surface area contributed by atoms with Crippen molar-refractivity contribution in [3.8, 4) is 5.75 Å². The van der Waals surface area contributed by atoms with Crippen LogP contribution in [0.5, 0.6) is 5.75 Å². The molecule has 4 rings (SSSR count). The normalized spacial score (nSPS) is 13.2. The third-order valence-electron chi connectivity index (χ3n) is 4.46. The fourth-order valence-corrected chi connectivity index (χ4v) is 2.67. The molecule has 3 aromatic rings. The molecule has 1 fully saturated rings. The fourth-order valence-electron chi connectivity index (χ4n) is 2.67. The molecule has 7 nitrogen and oxygen atoms in total. The van der Waals surface area contributed by atoms with E-state index in [-0.39, 0.29) is 12.6 Å². The van der Waals surface area contributed by atoms with Crippen LogP contribution in [-0.4, -0.2) is 16.2 Å². The predicted octanol–water partition coefficient (Wildman–Crippen LogP) is 4.16. The lowest BCUT2D eigenvalue weighted by atomic mass is 10.1. The van der Waals surface area contributed by atoms with Gasteiger partial charge in [-0.2, -0.15) is 4.98 Å². The van der Waals surface area contributed by atoms with Crippen molar-refractivity contribution in [3.05, 3.63) is 71.4 Å². The van der Waals surface area contributed by atoms with E-state index in [9.17, 15) is 4.79 Å². The number of aryl methyl sites for hydroxylation is 1. The van der Waals surface area contributed by atoms with Crippen LogP contribution in [0, 0.1) is 6.92 Å². The summed E-state index contributed by atoms with van der Waals surface area (Å²) < 4.78 is 10.9. The zero-order chi connectivity index (χ0) is 19.3. The Morgan fingerprint density at radius 2 is 1.89 bits per heavy atom. The van der Waals surface area contributed by atoms with Crippen LogP contribution in [-0.2, 0) is 13.2 Å². The Morgan fingerprint density at radius 3 is 2.61 bits per heavy atom. The minimum atomic E-state index is -0.256. The molecule has 1 heterocycles. The van der Waals surface area contributed by atoms with Crippen molar-refractivity contribution in [2.45, 2.75) is 38.8 Å². The number of amides is 2. The fraction of sp³-hybridized carbons (Fsp3) is 0.286. The van der Waals surface area contributed by atoms with Gasteiger partial charge in [0.25, 0.3) is 0 Å². The minimum absolute atomic E-state index is 0.250. The molecule has 2 aromatic carbocycles. The third-order valence-corrected chi connectivity index (χ3v) is 4.46. The van der Waals surface area contributed by atoms with Crippen molar-refractivity contribution in [2.75, 3.05) is 5.32 Å². The molecule has 2 N–H and O–H groups in total. The van der Waals surface area contributed by atoms with Crippen molar-refractivity contribution < 1.29 is 14.1 Å². The summed E-state index contributed by atoms with van der Waals surface area (Å²) in [5, 5.41) is 9.56. The molecular weight excluding hydrogens is 356 g/mol. The van der Waals surface area contributed by atoms with Crippen molar-refractivity contribution in [3.63, 3.8) is 0 Å². The zero-order valence-electron chi connectivity index (χ0n) is 15.6. The van der Waals surface area contributed by atoms with Crippen molar-refractivity contribution in [1.82, 2.24) is 15.5 Å². The Hall–Kier alpha value is -3.35. The zero-order valence-corrected chi connectivity index (χ0v) is 15.6. The molecule has 0 saturated heterocycles. The SMILES string of the molecule is Cc1ccc(CNC(=O)Nc2ccc(OCc3noc(C4CC4)n3)cc2)cc1. The summed E-state index contributed by atoms with van der Waals surface area (Å²) in [6.45, 7) is 2.76. The van der Waals surface area contributed by atoms with Gasteiger partial charge >= 0.3 is 6.03 Å². The number of nitrogens with zero attached hydrogens (tertiary/aromatic N) is 2. The lowest BCUT2D eigenvalue weighted by Crippen LogP contribution is -2.28. The number of carbonyl (C=O) groups is 1. The topological polar surface area (TPSA) is 89.3 Å². The van der Waals surface area contributed by atoms with E-state index >= 15 is 0 Å². The molecule has 1 saturated carbocycles. The van der Waals surface area contributed by atoms with E-state index in [0.29, 0.717) is 35.6 Å². The van der Waals surface area contributed by atoms with Gasteiger partial charge in [0.2, 0.25) is 11.7 Å². The molecular formula is C21H22N4O3. The van der Waals surface area contributed by atoms with E-state index in [1.165, 1.54) is 5.56 Å². The average Bonchev–Trinajstić information content (AvgIpc) is 3.45. The van der Waals surface area contributed by atoms with Gasteiger partial charge < -0.3 is 19.9 Å². The summed E-state index contributed by atoms with van der Waals surface area (Å²) in [7, 11) is 0. The number of anilines is 1. The lowest BCUT2D eigenvalue weighted by Gasteiger charge is -2.09. The van der Waals surface area contributed by atoms with E-state index in [2.05, 4.69) is 20.8 Å². The largest absolute Gasteiger partial charge is 0.485 e. The van der Waals surface area contributed by atoms with Crippen LogP contribution in [0.15, 0.2) is 53.1 Å². The number of benzene rings is 2. The summed E-state index contributed by atoms with van der Waals surface area (Å²) in [4.78, 5) is 16.4. The first-order valence-corrected chi connectivity index (χ1v) is 9.31. The number of urea groups is 1. The highest BCUT2D eigenvalue weighted by Gasteiger charge is 2.29. The Morgan fingerprint density at radius 1 is 1.14 bits per heavy atom. The van der Waals surface area contributed by atoms with Crippen LogP contribution in [0.3, 0.4) is 0 Å². The lowest BCUT2D eigenvalue weighted by molar-refractivity contribution is 0.251. The molecule has 0 aliphatic heterocycles. The van der Waals surface area contributed by atoms with Gasteiger partial charge in [0.1, 0.15) is 5.75 Å². The highest BCUT2D eigenvalue weighted by molar-refractivity contribution is 5.89. The summed E-state index contributed by atoms with van der Waals surface area (Å²) in [5.74, 6) is 2.35. The molecule has 1 aliphatic carbocycles. The predicted molar refractivity (Wildman–Crippen MR) is 104 cm³/mol. The van der Waals surface area contributed by atoms with Crippen LogP contribution in [0.2, 0.25) is 0 Å². The van der Waals surface area contributed by atoms with Crippen molar-refractivity contribution in [1.29, 1.82) is 0 Å². The quantitative estimate of drug-likeness (QED) is 0.644. The van der Waals surface area contributed by atoms with Gasteiger partial charge in [0.15, 0.2) is 6.61 Å². The summed E-state index contributed by atoms with van der Waals surface area (Å²) in [6.07, 6.45) is 2.24. The van der Waals surface area contributed by atoms with Gasteiger partial charge in [0.05, 0.1) is 0 Å². The highest BCUT2D eigenvalue weighted by atomic mass is 16.5. The Bertz CT molecular complexity index is 931. The number of rotatable bonds is 7. The van der Waals surface area contributed by atoms with Gasteiger partial charge in [-0.15, -0.1) is 0 Å². The molecule has 0 unspecified atom stereocenters. The number of nitrogens with one attached hydrogen (secondary N) is 2. The molecule has 7 heteroatoms. The van der Waals surface area contributed by atoms with E-state index < -0.39 is 0 Å². The number of hydrogen-bond acceptors (Lipinski definition) is 5. The van der Waals surface area contributed by atoms with Crippen LogP contribution < -0.4 is 15.4 Å². The molecule has 1 aromatic heterocycles. The van der Waals surface area contributed by atoms with E-state index in [1.54, 1.807) is 24.3 Å². The highest BCUT2D eigenvalue weighted by Crippen LogP contribution is 2.38. The number of ether oxygens (including phenoxy) is 1. The van der Waals surface area contributed by atoms with Gasteiger partial charge in [0, 0.05) is 18.2 Å². The molecule has 28 heavy (non-hydrogen) atoms. The van der Waals surface area contributed by atoms with Crippen LogP contribution in [0.25, 0.3) is 0 Å². The Balaban J connectivity index is 1.23. The maximum Gasteiger partial charge on any atom is 0.319 e. The van der Waals surface area contributed by atoms with E-state index in [0.717, 1.165) is 18.4 Å². The maximum absolute atomic E-state index is 12.0. The second kappa shape index (κ2) is 8.12. The van der Waals surface area contributed by atoms with Crippen molar-refractivity contribution in [2.24, 2.45) is 0 Å². The first-order chi connectivity index (χ1) is 13.7. The molecule has 2 amide bonds. The standard InChI is InChI=1S/C21H22N4O3/c1-14-2-4-15(5-3-14)12-22-21(26)23-17-8-10-18(11-9-17)27-13-19-24-20(28-25-19)16-6-7-16/h2-5,8-11,16H,6-7,12-13H2,1H3,(H2,22,23,26).